The quantitative estimate of drug-likeness (QED) is 0.159. The Morgan fingerprint density at radius 1 is 0.596 bits per heavy atom. The third-order valence-corrected chi connectivity index (χ3v) is 12.2. The number of esters is 4. The average Bonchev–Trinajstić information content (AvgIpc) is 3.03. The van der Waals surface area contributed by atoms with Crippen LogP contribution in [0.15, 0.2) is 0 Å². The maximum Gasteiger partial charge on any atom is 0.339 e. The maximum atomic E-state index is 13.2. The summed E-state index contributed by atoms with van der Waals surface area (Å²) in [7, 11) is 2.68. The number of rotatable bonds is 10. The van der Waals surface area contributed by atoms with Gasteiger partial charge in [0.2, 0.25) is 0 Å². The van der Waals surface area contributed by atoms with Crippen molar-refractivity contribution in [3.8, 4) is 0 Å². The van der Waals surface area contributed by atoms with Gasteiger partial charge in [0, 0.05) is 0 Å². The van der Waals surface area contributed by atoms with Crippen LogP contribution in [0.3, 0.4) is 0 Å². The van der Waals surface area contributed by atoms with E-state index in [1.807, 2.05) is 27.7 Å². The summed E-state index contributed by atoms with van der Waals surface area (Å²) in [6.45, 7) is 21.0. The molecular weight excluding hydrogens is 664 g/mol. The van der Waals surface area contributed by atoms with Crippen LogP contribution in [-0.4, -0.2) is 72.7 Å². The third kappa shape index (κ3) is 11.9. The minimum Gasteiger partial charge on any atom is -0.469 e. The highest BCUT2D eigenvalue weighted by Crippen LogP contribution is 2.43. The van der Waals surface area contributed by atoms with E-state index in [-0.39, 0.29) is 37.0 Å². The molecule has 4 aliphatic rings. The van der Waals surface area contributed by atoms with Crippen molar-refractivity contribution >= 4 is 23.9 Å². The Morgan fingerprint density at radius 3 is 1.23 bits per heavy atom. The smallest absolute Gasteiger partial charge is 0.339 e. The van der Waals surface area contributed by atoms with Crippen LogP contribution in [0.2, 0.25) is 0 Å². The Morgan fingerprint density at radius 2 is 0.942 bits per heavy atom. The Labute approximate surface area is 314 Å². The second-order valence-corrected chi connectivity index (χ2v) is 18.5. The van der Waals surface area contributed by atoms with Crippen LogP contribution in [0.1, 0.15) is 159 Å². The van der Waals surface area contributed by atoms with Gasteiger partial charge in [-0.2, -0.15) is 0 Å². The second-order valence-electron chi connectivity index (χ2n) is 18.5. The molecule has 8 atom stereocenters. The third-order valence-electron chi connectivity index (χ3n) is 12.2. The van der Waals surface area contributed by atoms with Gasteiger partial charge in [-0.15, -0.1) is 0 Å². The summed E-state index contributed by atoms with van der Waals surface area (Å²) in [5, 5.41) is 0. The van der Waals surface area contributed by atoms with E-state index in [0.29, 0.717) is 48.3 Å². The number of hydrogen-bond acceptors (Lipinski definition) is 10. The lowest BCUT2D eigenvalue weighted by Crippen LogP contribution is -2.54. The lowest BCUT2D eigenvalue weighted by Gasteiger charge is -2.45. The van der Waals surface area contributed by atoms with E-state index >= 15 is 0 Å². The van der Waals surface area contributed by atoms with Crippen LogP contribution >= 0.6 is 0 Å². The van der Waals surface area contributed by atoms with Crippen LogP contribution < -0.4 is 0 Å². The van der Waals surface area contributed by atoms with Crippen molar-refractivity contribution in [1.29, 1.82) is 0 Å². The first kappa shape index (κ1) is 44.2. The summed E-state index contributed by atoms with van der Waals surface area (Å²) >= 11 is 0. The molecule has 2 aliphatic carbocycles. The Bertz CT molecular complexity index is 1120. The molecule has 0 aromatic carbocycles. The zero-order valence-corrected chi connectivity index (χ0v) is 34.6. The molecule has 2 saturated carbocycles. The van der Waals surface area contributed by atoms with Crippen LogP contribution in [0.25, 0.3) is 0 Å². The van der Waals surface area contributed by atoms with Crippen LogP contribution in [0.4, 0.5) is 0 Å². The minimum atomic E-state index is -1.23. The molecule has 2 aliphatic heterocycles. The summed E-state index contributed by atoms with van der Waals surface area (Å²) in [6, 6.07) is 0. The zero-order chi connectivity index (χ0) is 39.1. The molecule has 0 aromatic heterocycles. The van der Waals surface area contributed by atoms with Crippen molar-refractivity contribution < 1.29 is 47.6 Å². The van der Waals surface area contributed by atoms with Crippen molar-refractivity contribution in [2.45, 2.75) is 194 Å². The lowest BCUT2D eigenvalue weighted by molar-refractivity contribution is -0.219. The maximum absolute atomic E-state index is 13.2. The first-order valence-electron chi connectivity index (χ1n) is 20.1. The normalized spacial score (nSPS) is 34.3. The Kier molecular flexibility index (Phi) is 15.7. The number of carbonyl (C=O) groups is 4. The van der Waals surface area contributed by atoms with Gasteiger partial charge in [-0.05, 0) is 127 Å². The standard InChI is InChI=1S/2C21H36O5/c2*1-14(2)16-9-8-15(3)12-17(16)25-19(23)21(13-18(22)24-6)11-7-10-20(4,5)26-21/h2*14-17H,7-13H2,1-6H3/t15?,16-,17?,21-;15-,16+,17?,21?/m10/s1. The van der Waals surface area contributed by atoms with E-state index in [0.717, 1.165) is 51.4 Å². The number of carbonyl (C=O) groups excluding carboxylic acids is 4. The fourth-order valence-electron chi connectivity index (χ4n) is 9.14. The topological polar surface area (TPSA) is 124 Å². The van der Waals surface area contributed by atoms with Crippen LogP contribution in [0, 0.1) is 35.5 Å². The predicted octanol–water partition coefficient (Wildman–Crippen LogP) is 8.54. The van der Waals surface area contributed by atoms with Gasteiger partial charge in [0.05, 0.1) is 38.3 Å². The van der Waals surface area contributed by atoms with Gasteiger partial charge in [0.1, 0.15) is 12.2 Å². The largest absolute Gasteiger partial charge is 0.469 e. The predicted molar refractivity (Wildman–Crippen MR) is 199 cm³/mol. The SMILES string of the molecule is COC(=O)CC1(C(=O)OC2C[C@@H](C)CC[C@@H]2C(C)C)CCCC(C)(C)O1.COC(=O)C[C@@]1(C(=O)OC2CC(C)CC[C@@H]2C(C)C)CCCC(C)(C)O1. The highest BCUT2D eigenvalue weighted by Gasteiger charge is 2.52. The Balaban J connectivity index is 0.000000280. The van der Waals surface area contributed by atoms with E-state index < -0.39 is 34.3 Å². The van der Waals surface area contributed by atoms with Crippen molar-refractivity contribution in [2.24, 2.45) is 35.5 Å². The molecule has 0 aromatic rings. The molecule has 0 spiro atoms. The van der Waals surface area contributed by atoms with Gasteiger partial charge >= 0.3 is 23.9 Å². The monoisotopic (exact) mass is 737 g/mol. The number of methoxy groups -OCH3 is 2. The van der Waals surface area contributed by atoms with Crippen molar-refractivity contribution in [3.05, 3.63) is 0 Å². The van der Waals surface area contributed by atoms with E-state index in [9.17, 15) is 19.2 Å². The van der Waals surface area contributed by atoms with E-state index in [2.05, 4.69) is 41.5 Å². The summed E-state index contributed by atoms with van der Waals surface area (Å²) in [5.41, 5.74) is -3.36. The molecule has 2 heterocycles. The molecule has 4 unspecified atom stereocenters. The molecule has 10 heteroatoms. The van der Waals surface area contributed by atoms with Crippen molar-refractivity contribution in [2.75, 3.05) is 14.2 Å². The average molecular weight is 737 g/mol. The molecule has 0 N–H and O–H groups in total. The molecule has 4 fully saturated rings. The molecule has 4 rings (SSSR count). The summed E-state index contributed by atoms with van der Waals surface area (Å²) in [5.74, 6) is 1.09. The minimum absolute atomic E-state index is 0.0830. The number of hydrogen-bond donors (Lipinski definition) is 0. The van der Waals surface area contributed by atoms with Crippen molar-refractivity contribution in [1.82, 2.24) is 0 Å². The van der Waals surface area contributed by atoms with Gasteiger partial charge in [0.25, 0.3) is 0 Å². The van der Waals surface area contributed by atoms with Crippen LogP contribution in [-0.2, 0) is 47.6 Å². The second kappa shape index (κ2) is 18.4. The molecule has 300 valence electrons. The van der Waals surface area contributed by atoms with E-state index in [1.54, 1.807) is 0 Å². The molecule has 2 saturated heterocycles. The number of ether oxygens (including phenoxy) is 6. The van der Waals surface area contributed by atoms with Gasteiger partial charge in [-0.3, -0.25) is 9.59 Å². The summed E-state index contributed by atoms with van der Waals surface area (Å²) in [4.78, 5) is 50.5. The first-order chi connectivity index (χ1) is 24.2. The molecule has 0 radical (unpaired) electrons. The highest BCUT2D eigenvalue weighted by molar-refractivity contribution is 5.87. The molecule has 0 amide bonds. The summed E-state index contributed by atoms with van der Waals surface area (Å²) < 4.78 is 34.1. The fraction of sp³-hybridized carbons (Fsp3) is 0.905. The van der Waals surface area contributed by atoms with Gasteiger partial charge in [-0.1, -0.05) is 54.4 Å². The molecule has 52 heavy (non-hydrogen) atoms. The lowest BCUT2D eigenvalue weighted by atomic mass is 9.75. The Hall–Kier alpha value is -2.20. The highest BCUT2D eigenvalue weighted by atomic mass is 16.6. The van der Waals surface area contributed by atoms with Crippen molar-refractivity contribution in [3.63, 3.8) is 0 Å². The fourth-order valence-corrected chi connectivity index (χ4v) is 9.14. The van der Waals surface area contributed by atoms with Gasteiger partial charge in [-0.25, -0.2) is 9.59 Å². The van der Waals surface area contributed by atoms with E-state index in [4.69, 9.17) is 28.4 Å². The molecular formula is C42H72O10. The van der Waals surface area contributed by atoms with Gasteiger partial charge < -0.3 is 28.4 Å². The first-order valence-corrected chi connectivity index (χ1v) is 20.1. The van der Waals surface area contributed by atoms with Crippen LogP contribution in [0.5, 0.6) is 0 Å². The summed E-state index contributed by atoms with van der Waals surface area (Å²) in [6.07, 6.45) is 10.3. The van der Waals surface area contributed by atoms with Gasteiger partial charge in [0.15, 0.2) is 11.2 Å². The molecule has 0 bridgehead atoms. The zero-order valence-electron chi connectivity index (χ0n) is 34.6. The van der Waals surface area contributed by atoms with E-state index in [1.165, 1.54) is 27.1 Å². The molecule has 10 nitrogen and oxygen atoms in total.